The number of nitrogen functional groups attached to an aromatic ring is 1. The Bertz CT molecular complexity index is 1190. The van der Waals surface area contributed by atoms with Gasteiger partial charge in [0, 0.05) is 35.3 Å². The van der Waals surface area contributed by atoms with Crippen molar-refractivity contribution in [2.75, 3.05) is 40.1 Å². The first-order valence-electron chi connectivity index (χ1n) is 13.1. The number of nitrogens with two attached hydrogens (primary N) is 1. The van der Waals surface area contributed by atoms with Gasteiger partial charge in [-0.05, 0) is 86.5 Å². The summed E-state index contributed by atoms with van der Waals surface area (Å²) in [5, 5.41) is 10.9. The smallest absolute Gasteiger partial charge is 0.166 e. The molecule has 0 fully saturated rings. The zero-order valence-electron chi connectivity index (χ0n) is 22.2. The fraction of sp³-hybridized carbons (Fsp3) is 0.419. The van der Waals surface area contributed by atoms with Gasteiger partial charge in [0.25, 0.3) is 0 Å². The van der Waals surface area contributed by atoms with E-state index < -0.39 is 0 Å². The maximum Gasteiger partial charge on any atom is 0.166 e. The summed E-state index contributed by atoms with van der Waals surface area (Å²) >= 11 is 0. The van der Waals surface area contributed by atoms with Gasteiger partial charge in [-0.1, -0.05) is 37.3 Å². The molecule has 0 saturated heterocycles. The molecule has 0 heterocycles. The number of methoxy groups -OCH3 is 2. The van der Waals surface area contributed by atoms with Gasteiger partial charge in [-0.25, -0.2) is 0 Å². The average Bonchev–Trinajstić information content (AvgIpc) is 2.89. The number of aromatic hydroxyl groups is 1. The first-order chi connectivity index (χ1) is 17.5. The Morgan fingerprint density at radius 3 is 2.36 bits per heavy atom. The Labute approximate surface area is 215 Å². The van der Waals surface area contributed by atoms with Crippen LogP contribution in [0.25, 0.3) is 11.1 Å². The van der Waals surface area contributed by atoms with Gasteiger partial charge < -0.3 is 25.2 Å². The van der Waals surface area contributed by atoms with E-state index in [1.54, 1.807) is 20.3 Å². The summed E-state index contributed by atoms with van der Waals surface area (Å²) in [5.41, 5.74) is 15.0. The predicted octanol–water partition coefficient (Wildman–Crippen LogP) is 6.01. The molecular weight excluding hydrogens is 448 g/mol. The summed E-state index contributed by atoms with van der Waals surface area (Å²) in [6, 6.07) is 14.5. The van der Waals surface area contributed by atoms with Crippen LogP contribution in [0.5, 0.6) is 17.2 Å². The number of phenols is 1. The monoisotopic (exact) mass is 488 g/mol. The number of phenolic OH excluding ortho intramolecular Hbond substituents is 1. The van der Waals surface area contributed by atoms with Crippen molar-refractivity contribution in [2.24, 2.45) is 0 Å². The minimum atomic E-state index is 0.262. The fourth-order valence-corrected chi connectivity index (χ4v) is 5.42. The Kier molecular flexibility index (Phi) is 8.42. The number of hydrogen-bond acceptors (Lipinski definition) is 5. The lowest BCUT2D eigenvalue weighted by molar-refractivity contribution is 0.339. The van der Waals surface area contributed by atoms with Crippen molar-refractivity contribution >= 4 is 5.69 Å². The molecule has 0 amide bonds. The summed E-state index contributed by atoms with van der Waals surface area (Å²) in [4.78, 5) is 2.37. The lowest BCUT2D eigenvalue weighted by atomic mass is 9.84. The van der Waals surface area contributed by atoms with Gasteiger partial charge in [0.05, 0.1) is 14.2 Å². The molecule has 192 valence electrons. The number of aryl methyl sites for hydroxylation is 1. The van der Waals surface area contributed by atoms with Crippen molar-refractivity contribution in [3.8, 4) is 28.4 Å². The number of nitrogens with zero attached hydrogens (tertiary/aromatic N) is 1. The molecule has 1 aliphatic rings. The first kappa shape index (κ1) is 25.9. The van der Waals surface area contributed by atoms with Gasteiger partial charge >= 0.3 is 0 Å². The Balaban J connectivity index is 1.70. The third-order valence-corrected chi connectivity index (χ3v) is 7.38. The van der Waals surface area contributed by atoms with Gasteiger partial charge in [-0.3, -0.25) is 0 Å². The van der Waals surface area contributed by atoms with Crippen molar-refractivity contribution in [3.63, 3.8) is 0 Å². The van der Waals surface area contributed by atoms with E-state index in [1.165, 1.54) is 29.5 Å². The van der Waals surface area contributed by atoms with E-state index >= 15 is 0 Å². The fourth-order valence-electron chi connectivity index (χ4n) is 5.42. The standard InChI is InChI=1S/C31H40N2O3/c1-5-17-33(2)18-16-21-10-12-22(13-11-21)19-26-30(32)25(20-28(35-3)31(26)36-4)29-24-9-7-6-8-23(24)14-15-27(29)34/h10-15,20,34H,5-9,16-19,32H2,1-4H3. The van der Waals surface area contributed by atoms with Crippen molar-refractivity contribution in [1.82, 2.24) is 4.90 Å². The highest BCUT2D eigenvalue weighted by molar-refractivity contribution is 5.88. The minimum Gasteiger partial charge on any atom is -0.507 e. The minimum absolute atomic E-state index is 0.262. The van der Waals surface area contributed by atoms with Crippen LogP contribution in [-0.2, 0) is 25.7 Å². The molecule has 5 heteroatoms. The van der Waals surface area contributed by atoms with Gasteiger partial charge in [0.2, 0.25) is 0 Å². The maximum atomic E-state index is 10.9. The summed E-state index contributed by atoms with van der Waals surface area (Å²) in [7, 11) is 5.47. The SMILES string of the molecule is CCCN(C)CCc1ccc(Cc2c(N)c(-c3c(O)ccc4c3CCCC4)cc(OC)c2OC)cc1. The van der Waals surface area contributed by atoms with Crippen molar-refractivity contribution in [1.29, 1.82) is 0 Å². The number of likely N-dealkylation sites (N-methyl/N-ethyl adjacent to an activating group) is 1. The lowest BCUT2D eigenvalue weighted by Crippen LogP contribution is -2.21. The molecule has 4 rings (SSSR count). The average molecular weight is 489 g/mol. The van der Waals surface area contributed by atoms with E-state index in [4.69, 9.17) is 15.2 Å². The second-order valence-electron chi connectivity index (χ2n) is 9.90. The summed E-state index contributed by atoms with van der Waals surface area (Å²) in [5.74, 6) is 1.53. The zero-order valence-corrected chi connectivity index (χ0v) is 22.2. The van der Waals surface area contributed by atoms with Crippen molar-refractivity contribution in [3.05, 3.63) is 70.3 Å². The van der Waals surface area contributed by atoms with E-state index in [2.05, 4.69) is 43.1 Å². The molecule has 5 nitrogen and oxygen atoms in total. The molecular formula is C31H40N2O3. The molecule has 0 saturated carbocycles. The molecule has 0 aromatic heterocycles. The van der Waals surface area contributed by atoms with Crippen LogP contribution >= 0.6 is 0 Å². The number of benzene rings is 3. The molecule has 36 heavy (non-hydrogen) atoms. The van der Waals surface area contributed by atoms with Crippen LogP contribution in [0.15, 0.2) is 42.5 Å². The summed E-state index contributed by atoms with van der Waals surface area (Å²) < 4.78 is 11.5. The third-order valence-electron chi connectivity index (χ3n) is 7.38. The highest BCUT2D eigenvalue weighted by Crippen LogP contribution is 2.47. The van der Waals surface area contributed by atoms with Gasteiger partial charge in [-0.2, -0.15) is 0 Å². The number of fused-ring (bicyclic) bond motifs is 1. The largest absolute Gasteiger partial charge is 0.507 e. The van der Waals surface area contributed by atoms with Gasteiger partial charge in [0.15, 0.2) is 11.5 Å². The predicted molar refractivity (Wildman–Crippen MR) is 148 cm³/mol. The van der Waals surface area contributed by atoms with Gasteiger partial charge in [0.1, 0.15) is 5.75 Å². The van der Waals surface area contributed by atoms with Crippen LogP contribution in [0.3, 0.4) is 0 Å². The number of anilines is 1. The van der Waals surface area contributed by atoms with Crippen LogP contribution in [0.1, 0.15) is 54.0 Å². The highest BCUT2D eigenvalue weighted by Gasteiger charge is 2.24. The van der Waals surface area contributed by atoms with E-state index in [1.807, 2.05) is 12.1 Å². The Morgan fingerprint density at radius 1 is 0.944 bits per heavy atom. The van der Waals surface area contributed by atoms with E-state index in [9.17, 15) is 5.11 Å². The second-order valence-corrected chi connectivity index (χ2v) is 9.90. The molecule has 0 atom stereocenters. The third kappa shape index (κ3) is 5.46. The molecule has 0 radical (unpaired) electrons. The zero-order chi connectivity index (χ0) is 25.7. The van der Waals surface area contributed by atoms with Crippen LogP contribution in [-0.4, -0.2) is 44.4 Å². The molecule has 0 unspecified atom stereocenters. The molecule has 0 spiro atoms. The van der Waals surface area contributed by atoms with Crippen LogP contribution < -0.4 is 15.2 Å². The Hall–Kier alpha value is -3.18. The van der Waals surface area contributed by atoms with Crippen LogP contribution in [0.2, 0.25) is 0 Å². The van der Waals surface area contributed by atoms with E-state index in [-0.39, 0.29) is 5.75 Å². The molecule has 3 N–H and O–H groups in total. The number of ether oxygens (including phenoxy) is 2. The molecule has 1 aliphatic carbocycles. The number of hydrogen-bond donors (Lipinski definition) is 2. The van der Waals surface area contributed by atoms with Crippen molar-refractivity contribution < 1.29 is 14.6 Å². The highest BCUT2D eigenvalue weighted by atomic mass is 16.5. The molecule has 0 aliphatic heterocycles. The Morgan fingerprint density at radius 2 is 1.67 bits per heavy atom. The molecule has 3 aromatic rings. The van der Waals surface area contributed by atoms with E-state index in [0.29, 0.717) is 23.6 Å². The number of rotatable bonds is 10. The topological polar surface area (TPSA) is 68.0 Å². The van der Waals surface area contributed by atoms with Crippen LogP contribution in [0, 0.1) is 0 Å². The normalized spacial score (nSPS) is 13.0. The summed E-state index contributed by atoms with van der Waals surface area (Å²) in [6.45, 7) is 4.39. The molecule has 0 bridgehead atoms. The molecule has 3 aromatic carbocycles. The second kappa shape index (κ2) is 11.7. The van der Waals surface area contributed by atoms with Gasteiger partial charge in [-0.15, -0.1) is 0 Å². The maximum absolute atomic E-state index is 10.9. The van der Waals surface area contributed by atoms with E-state index in [0.717, 1.165) is 61.0 Å². The lowest BCUT2D eigenvalue weighted by Gasteiger charge is -2.24. The van der Waals surface area contributed by atoms with Crippen molar-refractivity contribution in [2.45, 2.75) is 51.9 Å². The summed E-state index contributed by atoms with van der Waals surface area (Å²) in [6.07, 6.45) is 7.08. The van der Waals surface area contributed by atoms with Crippen LogP contribution in [0.4, 0.5) is 5.69 Å². The quantitative estimate of drug-likeness (QED) is 0.342. The first-order valence-corrected chi connectivity index (χ1v) is 13.1.